The number of nitrogens with zero attached hydrogens (tertiary/aromatic N) is 2. The molecule has 8 heteroatoms. The van der Waals surface area contributed by atoms with Crippen LogP contribution in [-0.4, -0.2) is 34.2 Å². The summed E-state index contributed by atoms with van der Waals surface area (Å²) in [4.78, 5) is 33.2. The summed E-state index contributed by atoms with van der Waals surface area (Å²) < 4.78 is 5.06. The van der Waals surface area contributed by atoms with Crippen LogP contribution in [0.5, 0.6) is 0 Å². The van der Waals surface area contributed by atoms with Gasteiger partial charge in [0.05, 0.1) is 5.75 Å². The molecule has 146 valence electrons. The average molecular weight is 416 g/mol. The van der Waals surface area contributed by atoms with E-state index in [2.05, 4.69) is 29.1 Å². The lowest BCUT2D eigenvalue weighted by atomic mass is 9.99. The molecule has 28 heavy (non-hydrogen) atoms. The van der Waals surface area contributed by atoms with Gasteiger partial charge < -0.3 is 10.1 Å². The highest BCUT2D eigenvalue weighted by atomic mass is 32.2. The second-order valence-electron chi connectivity index (χ2n) is 6.25. The van der Waals surface area contributed by atoms with Crippen LogP contribution < -0.4 is 5.32 Å². The van der Waals surface area contributed by atoms with Gasteiger partial charge in [0.2, 0.25) is 0 Å². The number of benzene rings is 1. The van der Waals surface area contributed by atoms with E-state index in [0.29, 0.717) is 11.6 Å². The van der Waals surface area contributed by atoms with E-state index in [1.807, 2.05) is 35.7 Å². The number of rotatable bonds is 8. The molecular formula is C20H21N3O3S2. The first kappa shape index (κ1) is 20.3. The van der Waals surface area contributed by atoms with E-state index in [1.54, 1.807) is 0 Å². The molecule has 1 N–H and O–H groups in total. The minimum Gasteiger partial charge on any atom is -0.455 e. The Bertz CT molecular complexity index is 957. The van der Waals surface area contributed by atoms with Crippen molar-refractivity contribution in [2.75, 3.05) is 17.7 Å². The number of esters is 1. The van der Waals surface area contributed by atoms with Crippen molar-refractivity contribution in [1.29, 1.82) is 0 Å². The van der Waals surface area contributed by atoms with Crippen LogP contribution in [0.25, 0.3) is 10.2 Å². The van der Waals surface area contributed by atoms with Gasteiger partial charge in [0, 0.05) is 11.1 Å². The minimum absolute atomic E-state index is 0.0822. The number of thioether (sulfide) groups is 1. The van der Waals surface area contributed by atoms with Crippen LogP contribution in [-0.2, 0) is 14.3 Å². The molecule has 1 amide bonds. The van der Waals surface area contributed by atoms with E-state index in [0.717, 1.165) is 21.7 Å². The zero-order valence-electron chi connectivity index (χ0n) is 15.7. The van der Waals surface area contributed by atoms with Gasteiger partial charge in [0.25, 0.3) is 5.91 Å². The van der Waals surface area contributed by atoms with Crippen molar-refractivity contribution in [3.8, 4) is 0 Å². The highest BCUT2D eigenvalue weighted by Gasteiger charge is 2.12. The van der Waals surface area contributed by atoms with Gasteiger partial charge >= 0.3 is 5.97 Å². The largest absolute Gasteiger partial charge is 0.455 e. The topological polar surface area (TPSA) is 81.2 Å². The van der Waals surface area contributed by atoms with Gasteiger partial charge in [-0.25, -0.2) is 9.97 Å². The van der Waals surface area contributed by atoms with Crippen molar-refractivity contribution in [2.45, 2.75) is 31.2 Å². The van der Waals surface area contributed by atoms with Crippen molar-refractivity contribution < 1.29 is 14.3 Å². The molecule has 2 heterocycles. The summed E-state index contributed by atoms with van der Waals surface area (Å²) in [5, 5.41) is 6.32. The van der Waals surface area contributed by atoms with E-state index in [9.17, 15) is 9.59 Å². The molecule has 3 rings (SSSR count). The number of carbonyl (C=O) groups is 2. The second kappa shape index (κ2) is 9.66. The summed E-state index contributed by atoms with van der Waals surface area (Å²) in [6, 6.07) is 9.64. The van der Waals surface area contributed by atoms with Gasteiger partial charge in [0.15, 0.2) is 6.61 Å². The molecule has 1 atom stereocenters. The molecule has 0 aliphatic carbocycles. The van der Waals surface area contributed by atoms with Crippen LogP contribution >= 0.6 is 23.1 Å². The second-order valence-corrected chi connectivity index (χ2v) is 8.11. The van der Waals surface area contributed by atoms with E-state index in [1.165, 1.54) is 35.0 Å². The fourth-order valence-corrected chi connectivity index (χ4v) is 4.10. The molecule has 1 aromatic carbocycles. The van der Waals surface area contributed by atoms with E-state index >= 15 is 0 Å². The third-order valence-corrected chi connectivity index (χ3v) is 6.09. The third kappa shape index (κ3) is 5.30. The number of nitrogens with one attached hydrogen (secondary N) is 1. The van der Waals surface area contributed by atoms with Gasteiger partial charge in [0.1, 0.15) is 16.2 Å². The third-order valence-electron chi connectivity index (χ3n) is 4.29. The first-order chi connectivity index (χ1) is 13.6. The average Bonchev–Trinajstić information content (AvgIpc) is 3.20. The molecule has 0 unspecified atom stereocenters. The van der Waals surface area contributed by atoms with Crippen LogP contribution in [0.15, 0.2) is 47.1 Å². The normalized spacial score (nSPS) is 11.9. The maximum Gasteiger partial charge on any atom is 0.316 e. The molecule has 0 saturated heterocycles. The van der Waals surface area contributed by atoms with E-state index in [-0.39, 0.29) is 18.3 Å². The van der Waals surface area contributed by atoms with Crippen molar-refractivity contribution in [1.82, 2.24) is 9.97 Å². The Kier molecular flexibility index (Phi) is 7.00. The number of hydrogen-bond donors (Lipinski definition) is 1. The minimum atomic E-state index is -0.464. The Morgan fingerprint density at radius 2 is 2.00 bits per heavy atom. The zero-order chi connectivity index (χ0) is 19.9. The molecule has 0 bridgehead atoms. The van der Waals surface area contributed by atoms with Gasteiger partial charge in [-0.1, -0.05) is 37.7 Å². The number of anilines is 1. The molecule has 3 aromatic rings. The SMILES string of the molecule is CC[C@H](C)c1ccc(NC(=O)COC(=O)CSc2ncnc3sccc23)cc1. The van der Waals surface area contributed by atoms with Crippen LogP contribution in [0.1, 0.15) is 31.7 Å². The van der Waals surface area contributed by atoms with Gasteiger partial charge in [-0.05, 0) is 41.5 Å². The number of fused-ring (bicyclic) bond motifs is 1. The molecule has 2 aromatic heterocycles. The van der Waals surface area contributed by atoms with E-state index in [4.69, 9.17) is 4.74 Å². The van der Waals surface area contributed by atoms with Crippen LogP contribution in [0.4, 0.5) is 5.69 Å². The number of thiophene rings is 1. The Morgan fingerprint density at radius 1 is 1.21 bits per heavy atom. The number of hydrogen-bond acceptors (Lipinski definition) is 7. The van der Waals surface area contributed by atoms with Gasteiger partial charge in [-0.15, -0.1) is 11.3 Å². The standard InChI is InChI=1S/C20H21N3O3S2/c1-3-13(2)14-4-6-15(7-5-14)23-17(24)10-26-18(25)11-28-20-16-8-9-27-19(16)21-12-22-20/h4-9,12-13H,3,10-11H2,1-2H3,(H,23,24)/t13-/m0/s1. The number of carbonyl (C=O) groups excluding carboxylic acids is 2. The van der Waals surface area contributed by atoms with Crippen molar-refractivity contribution in [2.24, 2.45) is 0 Å². The quantitative estimate of drug-likeness (QED) is 0.332. The predicted molar refractivity (Wildman–Crippen MR) is 113 cm³/mol. The van der Waals surface area contributed by atoms with Gasteiger partial charge in [-0.2, -0.15) is 0 Å². The Hall–Kier alpha value is -2.45. The lowest BCUT2D eigenvalue weighted by Gasteiger charge is -2.10. The molecule has 0 fully saturated rings. The highest BCUT2D eigenvalue weighted by Crippen LogP contribution is 2.27. The molecule has 0 aliphatic heterocycles. The first-order valence-electron chi connectivity index (χ1n) is 8.93. The summed E-state index contributed by atoms with van der Waals surface area (Å²) in [5.74, 6) is -0.265. The lowest BCUT2D eigenvalue weighted by Crippen LogP contribution is -2.21. The summed E-state index contributed by atoms with van der Waals surface area (Å²) in [7, 11) is 0. The Labute approximate surface area is 171 Å². The summed E-state index contributed by atoms with van der Waals surface area (Å²) in [6.07, 6.45) is 2.54. The molecule has 0 spiro atoms. The smallest absolute Gasteiger partial charge is 0.316 e. The molecule has 0 radical (unpaired) electrons. The highest BCUT2D eigenvalue weighted by molar-refractivity contribution is 8.00. The fourth-order valence-electron chi connectivity index (χ4n) is 2.53. The molecule has 0 saturated carbocycles. The Morgan fingerprint density at radius 3 is 2.75 bits per heavy atom. The zero-order valence-corrected chi connectivity index (χ0v) is 17.3. The summed E-state index contributed by atoms with van der Waals surface area (Å²) in [6.45, 7) is 3.99. The van der Waals surface area contributed by atoms with Crippen LogP contribution in [0.2, 0.25) is 0 Å². The monoisotopic (exact) mass is 415 g/mol. The van der Waals surface area contributed by atoms with Crippen LogP contribution in [0, 0.1) is 0 Å². The van der Waals surface area contributed by atoms with E-state index < -0.39 is 5.97 Å². The molecular weight excluding hydrogens is 394 g/mol. The maximum absolute atomic E-state index is 12.0. The molecule has 6 nitrogen and oxygen atoms in total. The fraction of sp³-hybridized carbons (Fsp3) is 0.300. The van der Waals surface area contributed by atoms with Gasteiger partial charge in [-0.3, -0.25) is 9.59 Å². The summed E-state index contributed by atoms with van der Waals surface area (Å²) >= 11 is 2.79. The predicted octanol–water partition coefficient (Wildman–Crippen LogP) is 4.48. The molecule has 0 aliphatic rings. The Balaban J connectivity index is 1.44. The van der Waals surface area contributed by atoms with Crippen LogP contribution in [0.3, 0.4) is 0 Å². The number of aromatic nitrogens is 2. The first-order valence-corrected chi connectivity index (χ1v) is 10.8. The maximum atomic E-state index is 12.0. The number of amides is 1. The van der Waals surface area contributed by atoms with Crippen molar-refractivity contribution >= 4 is 50.9 Å². The van der Waals surface area contributed by atoms with Crippen molar-refractivity contribution in [3.63, 3.8) is 0 Å². The summed E-state index contributed by atoms with van der Waals surface area (Å²) in [5.41, 5.74) is 1.91. The number of ether oxygens (including phenoxy) is 1. The lowest BCUT2D eigenvalue weighted by molar-refractivity contribution is -0.144. The van der Waals surface area contributed by atoms with Crippen molar-refractivity contribution in [3.05, 3.63) is 47.6 Å².